The van der Waals surface area contributed by atoms with E-state index in [0.717, 1.165) is 12.1 Å². The van der Waals surface area contributed by atoms with Crippen molar-refractivity contribution in [1.82, 2.24) is 10.2 Å². The van der Waals surface area contributed by atoms with Crippen molar-refractivity contribution in [2.75, 3.05) is 25.5 Å². The Labute approximate surface area is 193 Å². The van der Waals surface area contributed by atoms with Crippen LogP contribution in [0.4, 0.5) is 5.69 Å². The van der Waals surface area contributed by atoms with E-state index in [1.165, 1.54) is 32.1 Å². The molecule has 4 rings (SSSR count). The Morgan fingerprint density at radius 3 is 2.81 bits per heavy atom. The van der Waals surface area contributed by atoms with Gasteiger partial charge in [0, 0.05) is 29.7 Å². The van der Waals surface area contributed by atoms with Crippen LogP contribution in [0.1, 0.15) is 48.0 Å². The molecule has 6 nitrogen and oxygen atoms in total. The molecule has 1 saturated carbocycles. The van der Waals surface area contributed by atoms with Crippen molar-refractivity contribution < 1.29 is 14.3 Å². The van der Waals surface area contributed by atoms with E-state index in [9.17, 15) is 9.59 Å². The minimum atomic E-state index is -0.371. The van der Waals surface area contributed by atoms with Crippen molar-refractivity contribution in [3.63, 3.8) is 0 Å². The minimum Gasteiger partial charge on any atom is -0.449 e. The lowest BCUT2D eigenvalue weighted by atomic mass is 9.94. The van der Waals surface area contributed by atoms with Gasteiger partial charge >= 0.3 is 0 Å². The highest BCUT2D eigenvalue weighted by Crippen LogP contribution is 2.32. The summed E-state index contributed by atoms with van der Waals surface area (Å²) in [7, 11) is 2.13. The number of hydrogen-bond donors (Lipinski definition) is 2. The van der Waals surface area contributed by atoms with E-state index in [0.29, 0.717) is 34.6 Å². The SMILES string of the molecule is CN(CCNC(=O)c1ccc2c(c1)NC(=O)/C(=C/c1cccc(Cl)c1)O2)C1CCCCC1. The van der Waals surface area contributed by atoms with E-state index < -0.39 is 0 Å². The van der Waals surface area contributed by atoms with Crippen LogP contribution in [0.5, 0.6) is 5.75 Å². The van der Waals surface area contributed by atoms with E-state index in [1.807, 2.05) is 6.07 Å². The van der Waals surface area contributed by atoms with E-state index in [4.69, 9.17) is 16.3 Å². The fourth-order valence-corrected chi connectivity index (χ4v) is 4.40. The van der Waals surface area contributed by atoms with Gasteiger partial charge in [0.05, 0.1) is 5.69 Å². The zero-order valence-corrected chi connectivity index (χ0v) is 19.0. The summed E-state index contributed by atoms with van der Waals surface area (Å²) in [6, 6.07) is 12.8. The van der Waals surface area contributed by atoms with Gasteiger partial charge in [-0.05, 0) is 61.9 Å². The number of amides is 2. The number of ether oxygens (including phenoxy) is 1. The molecule has 0 aromatic heterocycles. The van der Waals surface area contributed by atoms with Gasteiger partial charge in [0.1, 0.15) is 0 Å². The number of likely N-dealkylation sites (N-methyl/N-ethyl adjacent to an activating group) is 1. The zero-order valence-electron chi connectivity index (χ0n) is 18.2. The summed E-state index contributed by atoms with van der Waals surface area (Å²) < 4.78 is 5.77. The van der Waals surface area contributed by atoms with Crippen LogP contribution in [-0.4, -0.2) is 42.9 Å². The van der Waals surface area contributed by atoms with Crippen LogP contribution in [0, 0.1) is 0 Å². The molecule has 0 bridgehead atoms. The first-order valence-electron chi connectivity index (χ1n) is 11.1. The third-order valence-corrected chi connectivity index (χ3v) is 6.26. The van der Waals surface area contributed by atoms with Crippen LogP contribution in [0.2, 0.25) is 5.02 Å². The molecule has 1 fully saturated rings. The quantitative estimate of drug-likeness (QED) is 0.621. The smallest absolute Gasteiger partial charge is 0.291 e. The summed E-state index contributed by atoms with van der Waals surface area (Å²) in [5.41, 5.74) is 1.72. The maximum absolute atomic E-state index is 12.6. The Morgan fingerprint density at radius 1 is 1.22 bits per heavy atom. The predicted molar refractivity (Wildman–Crippen MR) is 127 cm³/mol. The normalized spacial score (nSPS) is 17.6. The number of fused-ring (bicyclic) bond motifs is 1. The topological polar surface area (TPSA) is 70.7 Å². The molecule has 1 heterocycles. The van der Waals surface area contributed by atoms with Crippen molar-refractivity contribution in [3.8, 4) is 5.75 Å². The number of hydrogen-bond acceptors (Lipinski definition) is 4. The second-order valence-electron chi connectivity index (χ2n) is 8.36. The fraction of sp³-hybridized carbons (Fsp3) is 0.360. The third kappa shape index (κ3) is 5.50. The van der Waals surface area contributed by atoms with E-state index >= 15 is 0 Å². The number of rotatable bonds is 6. The molecule has 32 heavy (non-hydrogen) atoms. The van der Waals surface area contributed by atoms with Crippen molar-refractivity contribution in [3.05, 3.63) is 64.4 Å². The summed E-state index contributed by atoms with van der Waals surface area (Å²) in [6.45, 7) is 1.40. The molecular weight excluding hydrogens is 426 g/mol. The summed E-state index contributed by atoms with van der Waals surface area (Å²) in [5.74, 6) is 0.123. The van der Waals surface area contributed by atoms with Crippen molar-refractivity contribution in [1.29, 1.82) is 0 Å². The molecule has 168 valence electrons. The number of carbonyl (C=O) groups is 2. The van der Waals surface area contributed by atoms with Gasteiger partial charge in [-0.15, -0.1) is 0 Å². The first-order valence-corrected chi connectivity index (χ1v) is 11.5. The van der Waals surface area contributed by atoms with Gasteiger partial charge in [0.25, 0.3) is 11.8 Å². The highest BCUT2D eigenvalue weighted by molar-refractivity contribution is 6.30. The summed E-state index contributed by atoms with van der Waals surface area (Å²) >= 11 is 6.01. The Balaban J connectivity index is 1.36. The molecule has 1 aliphatic carbocycles. The fourth-order valence-electron chi connectivity index (χ4n) is 4.20. The molecule has 1 aliphatic heterocycles. The van der Waals surface area contributed by atoms with Crippen LogP contribution in [0.25, 0.3) is 6.08 Å². The first-order chi connectivity index (χ1) is 15.5. The van der Waals surface area contributed by atoms with Gasteiger partial charge in [-0.25, -0.2) is 0 Å². The number of nitrogens with one attached hydrogen (secondary N) is 2. The molecule has 0 radical (unpaired) electrons. The van der Waals surface area contributed by atoms with Gasteiger partial charge in [-0.2, -0.15) is 0 Å². The third-order valence-electron chi connectivity index (χ3n) is 6.03. The number of benzene rings is 2. The lowest BCUT2D eigenvalue weighted by Crippen LogP contribution is -2.39. The minimum absolute atomic E-state index is 0.167. The maximum atomic E-state index is 12.6. The maximum Gasteiger partial charge on any atom is 0.291 e. The number of anilines is 1. The van der Waals surface area contributed by atoms with Gasteiger partial charge < -0.3 is 20.3 Å². The predicted octanol–water partition coefficient (Wildman–Crippen LogP) is 4.71. The van der Waals surface area contributed by atoms with E-state index in [1.54, 1.807) is 42.5 Å². The molecule has 7 heteroatoms. The van der Waals surface area contributed by atoms with Gasteiger partial charge in [0.15, 0.2) is 11.5 Å². The molecule has 2 aromatic rings. The molecule has 2 aromatic carbocycles. The first kappa shape index (κ1) is 22.4. The standard InChI is InChI=1S/C25H28ClN3O3/c1-29(20-8-3-2-4-9-20)13-12-27-24(30)18-10-11-22-21(16-18)28-25(31)23(32-22)15-17-6-5-7-19(26)14-17/h5-7,10-11,14-16,20H,2-4,8-9,12-13H2,1H3,(H,27,30)(H,28,31)/b23-15-. The van der Waals surface area contributed by atoms with E-state index in [-0.39, 0.29) is 17.6 Å². The Bertz CT molecular complexity index is 1030. The highest BCUT2D eigenvalue weighted by atomic mass is 35.5. The lowest BCUT2D eigenvalue weighted by molar-refractivity contribution is -0.115. The molecule has 2 amide bonds. The zero-order chi connectivity index (χ0) is 22.5. The monoisotopic (exact) mass is 453 g/mol. The van der Waals surface area contributed by atoms with Crippen molar-refractivity contribution in [2.45, 2.75) is 38.1 Å². The lowest BCUT2D eigenvalue weighted by Gasteiger charge is -2.31. The molecule has 0 unspecified atom stereocenters. The second-order valence-corrected chi connectivity index (χ2v) is 8.80. The van der Waals surface area contributed by atoms with Crippen LogP contribution in [-0.2, 0) is 4.79 Å². The van der Waals surface area contributed by atoms with E-state index in [2.05, 4.69) is 22.6 Å². The van der Waals surface area contributed by atoms with Crippen molar-refractivity contribution >= 4 is 35.2 Å². The molecule has 0 atom stereocenters. The Morgan fingerprint density at radius 2 is 2.03 bits per heavy atom. The average molecular weight is 454 g/mol. The summed E-state index contributed by atoms with van der Waals surface area (Å²) in [5, 5.41) is 6.36. The molecular formula is C25H28ClN3O3. The Hall–Kier alpha value is -2.83. The number of carbonyl (C=O) groups excluding carboxylic acids is 2. The molecule has 2 aliphatic rings. The van der Waals surface area contributed by atoms with Crippen LogP contribution in [0.3, 0.4) is 0 Å². The average Bonchev–Trinajstić information content (AvgIpc) is 2.79. The molecule has 2 N–H and O–H groups in total. The molecule has 0 saturated heterocycles. The van der Waals surface area contributed by atoms with Crippen molar-refractivity contribution in [2.24, 2.45) is 0 Å². The van der Waals surface area contributed by atoms with Gasteiger partial charge in [-0.3, -0.25) is 9.59 Å². The second kappa shape index (κ2) is 10.2. The van der Waals surface area contributed by atoms with Crippen LogP contribution in [0.15, 0.2) is 48.2 Å². The number of halogens is 1. The van der Waals surface area contributed by atoms with Gasteiger partial charge in [0.2, 0.25) is 0 Å². The summed E-state index contributed by atoms with van der Waals surface area (Å²) in [4.78, 5) is 27.4. The van der Waals surface area contributed by atoms with Crippen LogP contribution < -0.4 is 15.4 Å². The van der Waals surface area contributed by atoms with Crippen LogP contribution >= 0.6 is 11.6 Å². The number of nitrogens with zero attached hydrogens (tertiary/aromatic N) is 1. The van der Waals surface area contributed by atoms with Gasteiger partial charge in [-0.1, -0.05) is 43.0 Å². The largest absolute Gasteiger partial charge is 0.449 e. The molecule has 0 spiro atoms. The summed E-state index contributed by atoms with van der Waals surface area (Å²) in [6.07, 6.45) is 8.02. The highest BCUT2D eigenvalue weighted by Gasteiger charge is 2.23. The Kier molecular flexibility index (Phi) is 7.12.